The van der Waals surface area contributed by atoms with Gasteiger partial charge in [-0.1, -0.05) is 65.0 Å². The van der Waals surface area contributed by atoms with Crippen LogP contribution in [0.4, 0.5) is 11.4 Å². The Kier molecular flexibility index (Phi) is 16.5. The SMILES string of the molecule is CC(C)CC(NC(=O)Cc1ccc(NC(=C[N+](=O)[O-])Nc2ccccc2)cc1)C(=O)NC(CCOCC(NC(=O)CC(C)(C)C)C(=O)O)C(=O)O. The van der Waals surface area contributed by atoms with E-state index in [0.29, 0.717) is 16.9 Å². The number of carbonyl (C=O) groups excluding carboxylic acids is 3. The first-order chi connectivity index (χ1) is 23.9. The summed E-state index contributed by atoms with van der Waals surface area (Å²) in [4.78, 5) is 72.4. The van der Waals surface area contributed by atoms with Crippen molar-refractivity contribution < 1.29 is 43.8 Å². The first-order valence-electron chi connectivity index (χ1n) is 16.4. The van der Waals surface area contributed by atoms with Gasteiger partial charge in [-0.2, -0.15) is 0 Å². The van der Waals surface area contributed by atoms with Crippen molar-refractivity contribution in [3.63, 3.8) is 0 Å². The molecule has 0 saturated heterocycles. The van der Waals surface area contributed by atoms with Crippen molar-refractivity contribution in [2.24, 2.45) is 11.3 Å². The van der Waals surface area contributed by atoms with Crippen molar-refractivity contribution in [2.45, 2.75) is 78.4 Å². The zero-order chi connectivity index (χ0) is 38.1. The minimum atomic E-state index is -1.39. The topological polar surface area (TPSA) is 238 Å². The summed E-state index contributed by atoms with van der Waals surface area (Å²) < 4.78 is 5.36. The highest BCUT2D eigenvalue weighted by Crippen LogP contribution is 2.18. The number of nitrogens with one attached hydrogen (secondary N) is 5. The third-order valence-electron chi connectivity index (χ3n) is 7.02. The zero-order valence-electron chi connectivity index (χ0n) is 29.4. The quantitative estimate of drug-likeness (QED) is 0.0561. The van der Waals surface area contributed by atoms with Crippen LogP contribution in [0.25, 0.3) is 0 Å². The van der Waals surface area contributed by atoms with Crippen molar-refractivity contribution in [3.05, 3.63) is 82.3 Å². The molecule has 16 heteroatoms. The Morgan fingerprint density at radius 3 is 1.92 bits per heavy atom. The van der Waals surface area contributed by atoms with E-state index in [4.69, 9.17) is 4.74 Å². The van der Waals surface area contributed by atoms with Crippen LogP contribution in [-0.2, 0) is 35.1 Å². The molecule has 0 aliphatic rings. The van der Waals surface area contributed by atoms with E-state index in [9.17, 15) is 44.3 Å². The number of ether oxygens (including phenoxy) is 1. The molecule has 0 saturated carbocycles. The van der Waals surface area contributed by atoms with Crippen LogP contribution in [0.1, 0.15) is 59.4 Å². The number of carbonyl (C=O) groups is 5. The van der Waals surface area contributed by atoms with Gasteiger partial charge < -0.3 is 41.5 Å². The Balaban J connectivity index is 1.97. The van der Waals surface area contributed by atoms with Crippen LogP contribution < -0.4 is 26.6 Å². The molecule has 2 aromatic carbocycles. The summed E-state index contributed by atoms with van der Waals surface area (Å²) in [6.07, 6.45) is 0.807. The zero-order valence-corrected chi connectivity index (χ0v) is 29.4. The van der Waals surface area contributed by atoms with E-state index >= 15 is 0 Å². The second kappa shape index (κ2) is 20.2. The van der Waals surface area contributed by atoms with Gasteiger partial charge in [-0.3, -0.25) is 24.5 Å². The molecule has 0 bridgehead atoms. The molecule has 0 heterocycles. The van der Waals surface area contributed by atoms with Gasteiger partial charge in [-0.15, -0.1) is 0 Å². The first kappa shape index (κ1) is 41.7. The molecule has 7 N–H and O–H groups in total. The monoisotopic (exact) mass is 712 g/mol. The molecular weight excluding hydrogens is 664 g/mol. The molecule has 2 rings (SSSR count). The van der Waals surface area contributed by atoms with Gasteiger partial charge >= 0.3 is 11.9 Å². The van der Waals surface area contributed by atoms with E-state index in [1.807, 2.05) is 40.7 Å². The maximum absolute atomic E-state index is 13.2. The Morgan fingerprint density at radius 2 is 1.39 bits per heavy atom. The van der Waals surface area contributed by atoms with Crippen molar-refractivity contribution >= 4 is 41.0 Å². The van der Waals surface area contributed by atoms with Gasteiger partial charge in [0.2, 0.25) is 17.7 Å². The third-order valence-corrected chi connectivity index (χ3v) is 7.02. The minimum absolute atomic E-state index is 0.0367. The second-order valence-electron chi connectivity index (χ2n) is 13.5. The van der Waals surface area contributed by atoms with Gasteiger partial charge in [0, 0.05) is 30.8 Å². The van der Waals surface area contributed by atoms with Gasteiger partial charge in [-0.25, -0.2) is 9.59 Å². The number of amides is 3. The van der Waals surface area contributed by atoms with Crippen LogP contribution in [-0.4, -0.2) is 76.1 Å². The molecule has 3 unspecified atom stereocenters. The average molecular weight is 713 g/mol. The van der Waals surface area contributed by atoms with Gasteiger partial charge in [0.15, 0.2) is 11.9 Å². The molecule has 0 radical (unpaired) electrons. The third kappa shape index (κ3) is 17.1. The first-order valence-corrected chi connectivity index (χ1v) is 16.4. The molecule has 3 atom stereocenters. The lowest BCUT2D eigenvalue weighted by Gasteiger charge is -2.23. The van der Waals surface area contributed by atoms with E-state index in [0.717, 1.165) is 6.20 Å². The maximum atomic E-state index is 13.2. The van der Waals surface area contributed by atoms with Crippen LogP contribution in [0.15, 0.2) is 66.6 Å². The fraction of sp³-hybridized carbons (Fsp3) is 0.457. The Labute approximate surface area is 296 Å². The summed E-state index contributed by atoms with van der Waals surface area (Å²) in [6.45, 7) is 8.54. The van der Waals surface area contributed by atoms with Gasteiger partial charge in [0.1, 0.15) is 12.1 Å². The van der Waals surface area contributed by atoms with Crippen LogP contribution in [0, 0.1) is 21.4 Å². The van der Waals surface area contributed by atoms with E-state index in [1.165, 1.54) is 0 Å². The number of anilines is 2. The number of carboxylic acids is 2. The van der Waals surface area contributed by atoms with Crippen LogP contribution >= 0.6 is 0 Å². The molecule has 0 aromatic heterocycles. The summed E-state index contributed by atoms with van der Waals surface area (Å²) in [5.41, 5.74) is 1.38. The van der Waals surface area contributed by atoms with E-state index < -0.39 is 59.3 Å². The summed E-state index contributed by atoms with van der Waals surface area (Å²) >= 11 is 0. The smallest absolute Gasteiger partial charge is 0.328 e. The molecule has 51 heavy (non-hydrogen) atoms. The van der Waals surface area contributed by atoms with E-state index in [2.05, 4.69) is 26.6 Å². The molecule has 0 aliphatic heterocycles. The molecule has 2 aromatic rings. The second-order valence-corrected chi connectivity index (χ2v) is 13.5. The molecule has 16 nitrogen and oxygen atoms in total. The normalized spacial score (nSPS) is 13.3. The lowest BCUT2D eigenvalue weighted by Crippen LogP contribution is -2.52. The number of hydrogen-bond donors (Lipinski definition) is 7. The number of benzene rings is 2. The lowest BCUT2D eigenvalue weighted by atomic mass is 9.92. The minimum Gasteiger partial charge on any atom is -0.480 e. The highest BCUT2D eigenvalue weighted by Gasteiger charge is 2.28. The Hall–Kier alpha value is -5.51. The van der Waals surface area contributed by atoms with Gasteiger partial charge in [0.05, 0.1) is 18.0 Å². The molecule has 0 aliphatic carbocycles. The van der Waals surface area contributed by atoms with E-state index in [-0.39, 0.29) is 49.4 Å². The van der Waals surface area contributed by atoms with E-state index in [1.54, 1.807) is 48.5 Å². The molecule has 3 amide bonds. The summed E-state index contributed by atoms with van der Waals surface area (Å²) in [6, 6.07) is 11.7. The summed E-state index contributed by atoms with van der Waals surface area (Å²) in [5.74, 6) is -4.23. The summed E-state index contributed by atoms with van der Waals surface area (Å²) in [5, 5.41) is 43.7. The van der Waals surface area contributed by atoms with Crippen LogP contribution in [0.5, 0.6) is 0 Å². The van der Waals surface area contributed by atoms with Crippen LogP contribution in [0.3, 0.4) is 0 Å². The Morgan fingerprint density at radius 1 is 0.824 bits per heavy atom. The number of carboxylic acid groups (broad SMARTS) is 2. The van der Waals surface area contributed by atoms with Crippen molar-refractivity contribution in [1.82, 2.24) is 16.0 Å². The van der Waals surface area contributed by atoms with Gasteiger partial charge in [-0.05, 0) is 47.6 Å². The average Bonchev–Trinajstić information content (AvgIpc) is 3.01. The highest BCUT2D eigenvalue weighted by atomic mass is 16.6. The molecule has 0 spiro atoms. The number of hydrogen-bond acceptors (Lipinski definition) is 10. The standard InChI is InChI=1S/C35H48N6O10/c1-22(2)17-27(32(44)40-26(33(45)46)15-16-51-21-28(34(47)48)39-31(43)19-35(3,4)5)38-30(42)18-23-11-13-25(14-12-23)37-29(20-41(49)50)36-24-9-7-6-8-10-24/h6-14,20,22,26-28,36-37H,15-19,21H2,1-5H3,(H,38,42)(H,39,43)(H,40,44)(H,45,46)(H,47,48). The number of nitro groups is 1. The highest BCUT2D eigenvalue weighted by molar-refractivity contribution is 5.91. The number of aliphatic carboxylic acids is 2. The predicted octanol–water partition coefficient (Wildman–Crippen LogP) is 3.34. The fourth-order valence-electron chi connectivity index (χ4n) is 4.71. The van der Waals surface area contributed by atoms with Crippen molar-refractivity contribution in [2.75, 3.05) is 23.8 Å². The van der Waals surface area contributed by atoms with Crippen LogP contribution in [0.2, 0.25) is 0 Å². The lowest BCUT2D eigenvalue weighted by molar-refractivity contribution is -0.403. The Bertz CT molecular complexity index is 1520. The number of para-hydroxylation sites is 1. The maximum Gasteiger partial charge on any atom is 0.328 e. The van der Waals surface area contributed by atoms with Gasteiger partial charge in [0.25, 0.3) is 6.20 Å². The van der Waals surface area contributed by atoms with Crippen molar-refractivity contribution in [3.8, 4) is 0 Å². The van der Waals surface area contributed by atoms with Crippen molar-refractivity contribution in [1.29, 1.82) is 0 Å². The summed E-state index contributed by atoms with van der Waals surface area (Å²) in [7, 11) is 0. The molecular formula is C35H48N6O10. The fourth-order valence-corrected chi connectivity index (χ4v) is 4.71. The number of rotatable bonds is 21. The predicted molar refractivity (Wildman–Crippen MR) is 189 cm³/mol. The molecule has 0 fully saturated rings. The number of nitrogens with zero attached hydrogens (tertiary/aromatic N) is 1. The largest absolute Gasteiger partial charge is 0.480 e. The molecule has 278 valence electrons.